The maximum atomic E-state index is 14.5. The molecule has 24 heavy (non-hydrogen) atoms. The molecule has 0 fully saturated rings. The Hall–Kier alpha value is -2.37. The van der Waals surface area contributed by atoms with Gasteiger partial charge in [0.25, 0.3) is 0 Å². The maximum Gasteiger partial charge on any atom is 0.206 e. The second-order valence-corrected chi connectivity index (χ2v) is 7.51. The summed E-state index contributed by atoms with van der Waals surface area (Å²) in [5.74, 6) is -0.901. The van der Waals surface area contributed by atoms with Gasteiger partial charge in [-0.15, -0.1) is 0 Å². The van der Waals surface area contributed by atoms with Crippen molar-refractivity contribution in [1.82, 2.24) is 0 Å². The lowest BCUT2D eigenvalue weighted by molar-refractivity contribution is 0.476. The van der Waals surface area contributed by atoms with Crippen molar-refractivity contribution in [2.45, 2.75) is 9.79 Å². The van der Waals surface area contributed by atoms with Crippen molar-refractivity contribution in [3.63, 3.8) is 0 Å². The summed E-state index contributed by atoms with van der Waals surface area (Å²) in [6.07, 6.45) is 0. The van der Waals surface area contributed by atoms with Gasteiger partial charge in [0, 0.05) is 16.1 Å². The highest BCUT2D eigenvalue weighted by Crippen LogP contribution is 2.34. The Bertz CT molecular complexity index is 1000. The number of sulfone groups is 1. The van der Waals surface area contributed by atoms with Crippen molar-refractivity contribution in [2.75, 3.05) is 0 Å². The molecule has 0 atom stereocenters. The quantitative estimate of drug-likeness (QED) is 0.735. The number of aromatic hydroxyl groups is 1. The highest BCUT2D eigenvalue weighted by atomic mass is 35.5. The Kier molecular flexibility index (Phi) is 4.30. The summed E-state index contributed by atoms with van der Waals surface area (Å²) in [5, 5.41) is 10.2. The number of hydrogen-bond acceptors (Lipinski definition) is 3. The van der Waals surface area contributed by atoms with Crippen LogP contribution in [0.5, 0.6) is 5.75 Å². The molecule has 0 radical (unpaired) electrons. The number of phenols is 1. The average Bonchev–Trinajstić information content (AvgIpc) is 2.58. The van der Waals surface area contributed by atoms with E-state index in [-0.39, 0.29) is 26.7 Å². The topological polar surface area (TPSA) is 54.4 Å². The van der Waals surface area contributed by atoms with Crippen molar-refractivity contribution >= 4 is 21.4 Å². The molecule has 0 aliphatic carbocycles. The number of rotatable bonds is 3. The number of benzene rings is 3. The number of phenolic OH excluding ortho intramolecular Hbond substituents is 1. The third-order valence-electron chi connectivity index (χ3n) is 3.55. The Morgan fingerprint density at radius 2 is 1.54 bits per heavy atom. The van der Waals surface area contributed by atoms with E-state index in [9.17, 15) is 17.9 Å². The Morgan fingerprint density at radius 3 is 2.21 bits per heavy atom. The van der Waals surface area contributed by atoms with Crippen molar-refractivity contribution in [2.24, 2.45) is 0 Å². The van der Waals surface area contributed by atoms with Crippen LogP contribution in [-0.4, -0.2) is 13.5 Å². The second kappa shape index (κ2) is 6.26. The lowest BCUT2D eigenvalue weighted by atomic mass is 10.0. The zero-order valence-electron chi connectivity index (χ0n) is 12.3. The fourth-order valence-electron chi connectivity index (χ4n) is 2.34. The molecule has 0 spiro atoms. The van der Waals surface area contributed by atoms with Crippen LogP contribution in [0.4, 0.5) is 4.39 Å². The molecule has 0 bridgehead atoms. The molecular weight excluding hydrogens is 351 g/mol. The van der Waals surface area contributed by atoms with Crippen LogP contribution >= 0.6 is 11.6 Å². The predicted molar refractivity (Wildman–Crippen MR) is 90.4 cm³/mol. The standard InChI is InChI=1S/C18H12ClFO3S/c19-12-6-9-18(21)16(10-12)15-8-7-14(11-17(15)20)24(22,23)13-4-2-1-3-5-13/h1-11,21H. The van der Waals surface area contributed by atoms with Crippen LogP contribution < -0.4 is 0 Å². The zero-order chi connectivity index (χ0) is 17.3. The van der Waals surface area contributed by atoms with Gasteiger partial charge in [-0.1, -0.05) is 29.8 Å². The van der Waals surface area contributed by atoms with Crippen LogP contribution in [0.15, 0.2) is 76.5 Å². The van der Waals surface area contributed by atoms with Crippen LogP contribution in [0.3, 0.4) is 0 Å². The minimum Gasteiger partial charge on any atom is -0.507 e. The summed E-state index contributed by atoms with van der Waals surface area (Å²) >= 11 is 5.87. The van der Waals surface area contributed by atoms with Crippen molar-refractivity contribution in [3.05, 3.63) is 77.6 Å². The Labute approximate surface area is 143 Å². The van der Waals surface area contributed by atoms with Gasteiger partial charge in [0.2, 0.25) is 9.84 Å². The van der Waals surface area contributed by atoms with Crippen LogP contribution in [0, 0.1) is 5.82 Å². The summed E-state index contributed by atoms with van der Waals surface area (Å²) in [6, 6.07) is 15.6. The smallest absolute Gasteiger partial charge is 0.206 e. The largest absolute Gasteiger partial charge is 0.507 e. The molecule has 0 aliphatic rings. The first-order chi connectivity index (χ1) is 11.4. The van der Waals surface area contributed by atoms with Crippen molar-refractivity contribution in [1.29, 1.82) is 0 Å². The molecule has 3 rings (SSSR count). The van der Waals surface area contributed by atoms with Crippen LogP contribution in [0.2, 0.25) is 5.02 Å². The van der Waals surface area contributed by atoms with Gasteiger partial charge < -0.3 is 5.11 Å². The molecule has 3 nitrogen and oxygen atoms in total. The molecule has 0 aromatic heterocycles. The van der Waals surface area contributed by atoms with E-state index in [1.807, 2.05) is 0 Å². The summed E-state index contributed by atoms with van der Waals surface area (Å²) in [7, 11) is -3.81. The van der Waals surface area contributed by atoms with Crippen LogP contribution in [-0.2, 0) is 9.84 Å². The fourth-order valence-corrected chi connectivity index (χ4v) is 3.81. The van der Waals surface area contributed by atoms with Gasteiger partial charge in [-0.05, 0) is 48.5 Å². The minimum absolute atomic E-state index is 0.0713. The lowest BCUT2D eigenvalue weighted by Gasteiger charge is -2.09. The summed E-state index contributed by atoms with van der Waals surface area (Å²) in [4.78, 5) is -0.0702. The fraction of sp³-hybridized carbons (Fsp3) is 0. The highest BCUT2D eigenvalue weighted by Gasteiger charge is 2.20. The average molecular weight is 363 g/mol. The molecule has 6 heteroatoms. The van der Waals surface area contributed by atoms with Gasteiger partial charge in [-0.3, -0.25) is 0 Å². The maximum absolute atomic E-state index is 14.5. The van der Waals surface area contributed by atoms with E-state index in [1.54, 1.807) is 18.2 Å². The summed E-state index contributed by atoms with van der Waals surface area (Å²) in [6.45, 7) is 0. The van der Waals surface area contributed by atoms with Crippen LogP contribution in [0.25, 0.3) is 11.1 Å². The molecule has 3 aromatic rings. The first-order valence-electron chi connectivity index (χ1n) is 6.98. The van der Waals surface area contributed by atoms with E-state index in [0.29, 0.717) is 5.02 Å². The number of halogens is 2. The first kappa shape index (κ1) is 16.5. The van der Waals surface area contributed by atoms with Gasteiger partial charge in [-0.25, -0.2) is 12.8 Å². The monoisotopic (exact) mass is 362 g/mol. The third kappa shape index (κ3) is 3.00. The summed E-state index contributed by atoms with van der Waals surface area (Å²) < 4.78 is 39.5. The minimum atomic E-state index is -3.81. The molecule has 0 heterocycles. The van der Waals surface area contributed by atoms with Crippen molar-refractivity contribution in [3.8, 4) is 16.9 Å². The molecular formula is C18H12ClFO3S. The van der Waals surface area contributed by atoms with Gasteiger partial charge in [0.05, 0.1) is 9.79 Å². The molecule has 1 N–H and O–H groups in total. The second-order valence-electron chi connectivity index (χ2n) is 5.12. The molecule has 0 saturated heterocycles. The molecule has 0 amide bonds. The first-order valence-corrected chi connectivity index (χ1v) is 8.84. The van der Waals surface area contributed by atoms with E-state index in [0.717, 1.165) is 6.07 Å². The molecule has 3 aromatic carbocycles. The Balaban J connectivity index is 2.10. The normalized spacial score (nSPS) is 11.4. The Morgan fingerprint density at radius 1 is 0.833 bits per heavy atom. The summed E-state index contributed by atoms with van der Waals surface area (Å²) in [5.41, 5.74) is 0.269. The number of hydrogen-bond donors (Lipinski definition) is 1. The van der Waals surface area contributed by atoms with Gasteiger partial charge >= 0.3 is 0 Å². The van der Waals surface area contributed by atoms with E-state index in [4.69, 9.17) is 11.6 Å². The molecule has 0 saturated carbocycles. The van der Waals surface area contributed by atoms with Gasteiger partial charge in [0.1, 0.15) is 11.6 Å². The van der Waals surface area contributed by atoms with E-state index in [1.165, 1.54) is 42.5 Å². The van der Waals surface area contributed by atoms with Crippen molar-refractivity contribution < 1.29 is 17.9 Å². The predicted octanol–water partition coefficient (Wildman–Crippen LogP) is 4.68. The highest BCUT2D eigenvalue weighted by molar-refractivity contribution is 7.91. The molecule has 0 unspecified atom stereocenters. The molecule has 122 valence electrons. The van der Waals surface area contributed by atoms with E-state index in [2.05, 4.69) is 0 Å². The third-order valence-corrected chi connectivity index (χ3v) is 5.56. The van der Waals surface area contributed by atoms with Gasteiger partial charge in [0.15, 0.2) is 0 Å². The lowest BCUT2D eigenvalue weighted by Crippen LogP contribution is -2.02. The molecule has 0 aliphatic heterocycles. The van der Waals surface area contributed by atoms with Crippen LogP contribution in [0.1, 0.15) is 0 Å². The van der Waals surface area contributed by atoms with E-state index >= 15 is 0 Å². The SMILES string of the molecule is O=S(=O)(c1ccccc1)c1ccc(-c2cc(Cl)ccc2O)c(F)c1. The zero-order valence-corrected chi connectivity index (χ0v) is 13.9. The van der Waals surface area contributed by atoms with E-state index < -0.39 is 15.7 Å². The van der Waals surface area contributed by atoms with Gasteiger partial charge in [-0.2, -0.15) is 0 Å².